The van der Waals surface area contributed by atoms with Crippen molar-refractivity contribution in [3.63, 3.8) is 0 Å². The normalized spacial score (nSPS) is 24.2. The standard InChI is InChI=1S/C19H35N3O3.HI/c1-3-20-19(22-16-14-15-11-12-17(16)25-15)21-13-9-7-5-6-8-10-18(23)24-4-2;/h15-17H,3-14H2,1-2H3,(H2,20,21,22);1H. The zero-order chi connectivity index (χ0) is 17.9. The van der Waals surface area contributed by atoms with E-state index in [9.17, 15) is 4.79 Å². The zero-order valence-corrected chi connectivity index (χ0v) is 18.6. The predicted octanol–water partition coefficient (Wildman–Crippen LogP) is 3.38. The van der Waals surface area contributed by atoms with Crippen LogP contribution in [0.5, 0.6) is 0 Å². The second kappa shape index (κ2) is 13.6. The second-order valence-electron chi connectivity index (χ2n) is 6.94. The Morgan fingerprint density at radius 3 is 2.58 bits per heavy atom. The Labute approximate surface area is 175 Å². The molecule has 2 aliphatic rings. The topological polar surface area (TPSA) is 72.0 Å². The molecule has 2 bridgehead atoms. The fourth-order valence-corrected chi connectivity index (χ4v) is 3.62. The lowest BCUT2D eigenvalue weighted by molar-refractivity contribution is -0.143. The van der Waals surface area contributed by atoms with Crippen LogP contribution in [0.1, 0.15) is 71.6 Å². The minimum Gasteiger partial charge on any atom is -0.466 e. The largest absolute Gasteiger partial charge is 0.466 e. The molecule has 6 nitrogen and oxygen atoms in total. The Hall–Kier alpha value is -0.570. The van der Waals surface area contributed by atoms with Crippen LogP contribution in [0.4, 0.5) is 0 Å². The molecule has 0 aromatic rings. The van der Waals surface area contributed by atoms with Gasteiger partial charge in [-0.25, -0.2) is 0 Å². The van der Waals surface area contributed by atoms with Gasteiger partial charge in [0.05, 0.1) is 24.9 Å². The van der Waals surface area contributed by atoms with Crippen LogP contribution in [0.3, 0.4) is 0 Å². The quantitative estimate of drug-likeness (QED) is 0.156. The molecule has 2 heterocycles. The van der Waals surface area contributed by atoms with E-state index in [1.54, 1.807) is 0 Å². The summed E-state index contributed by atoms with van der Waals surface area (Å²) in [5.41, 5.74) is 0. The van der Waals surface area contributed by atoms with Crippen molar-refractivity contribution < 1.29 is 14.3 Å². The number of hydrogen-bond donors (Lipinski definition) is 2. The van der Waals surface area contributed by atoms with Gasteiger partial charge in [-0.2, -0.15) is 0 Å². The summed E-state index contributed by atoms with van der Waals surface area (Å²) in [6.45, 7) is 6.14. The number of guanidine groups is 1. The van der Waals surface area contributed by atoms with E-state index in [1.807, 2.05) is 6.92 Å². The van der Waals surface area contributed by atoms with Crippen LogP contribution < -0.4 is 10.6 Å². The van der Waals surface area contributed by atoms with Crippen molar-refractivity contribution >= 4 is 35.9 Å². The van der Waals surface area contributed by atoms with Gasteiger partial charge in [-0.15, -0.1) is 24.0 Å². The number of fused-ring (bicyclic) bond motifs is 2. The smallest absolute Gasteiger partial charge is 0.305 e. The number of hydrogen-bond acceptors (Lipinski definition) is 4. The number of aliphatic imine (C=N–C) groups is 1. The molecular weight excluding hydrogens is 445 g/mol. The zero-order valence-electron chi connectivity index (χ0n) is 16.3. The van der Waals surface area contributed by atoms with Crippen molar-refractivity contribution in [3.05, 3.63) is 0 Å². The molecule has 2 N–H and O–H groups in total. The minimum absolute atomic E-state index is 0. The van der Waals surface area contributed by atoms with Crippen LogP contribution in [-0.4, -0.2) is 49.9 Å². The van der Waals surface area contributed by atoms with Crippen LogP contribution in [0.2, 0.25) is 0 Å². The number of halogens is 1. The average Bonchev–Trinajstić information content (AvgIpc) is 3.20. The first-order chi connectivity index (χ1) is 12.2. The number of carbonyl (C=O) groups excluding carboxylic acids is 1. The Morgan fingerprint density at radius 2 is 1.92 bits per heavy atom. The Bertz CT molecular complexity index is 434. The van der Waals surface area contributed by atoms with Crippen LogP contribution >= 0.6 is 24.0 Å². The first-order valence-electron chi connectivity index (χ1n) is 10.1. The van der Waals surface area contributed by atoms with Gasteiger partial charge in [0, 0.05) is 19.5 Å². The van der Waals surface area contributed by atoms with E-state index in [-0.39, 0.29) is 29.9 Å². The minimum atomic E-state index is -0.0712. The third kappa shape index (κ3) is 8.41. The van der Waals surface area contributed by atoms with Gasteiger partial charge in [-0.05, 0) is 46.0 Å². The Kier molecular flexibility index (Phi) is 12.3. The van der Waals surface area contributed by atoms with Gasteiger partial charge in [0.25, 0.3) is 0 Å². The number of esters is 1. The van der Waals surface area contributed by atoms with Crippen molar-refractivity contribution in [2.45, 2.75) is 89.9 Å². The summed E-state index contributed by atoms with van der Waals surface area (Å²) in [6, 6.07) is 0.416. The molecule has 2 aliphatic heterocycles. The molecule has 0 amide bonds. The van der Waals surface area contributed by atoms with E-state index in [4.69, 9.17) is 14.5 Å². The molecule has 3 unspecified atom stereocenters. The molecule has 2 saturated heterocycles. The molecule has 0 radical (unpaired) electrons. The molecule has 0 spiro atoms. The number of carbonyl (C=O) groups is 1. The maximum Gasteiger partial charge on any atom is 0.305 e. The van der Waals surface area contributed by atoms with Crippen molar-refractivity contribution in [3.8, 4) is 0 Å². The SMILES string of the molecule is CCNC(=NCCCCCCCC(=O)OCC)NC1CC2CCC1O2.I. The van der Waals surface area contributed by atoms with Crippen molar-refractivity contribution in [2.24, 2.45) is 4.99 Å². The fraction of sp³-hybridized carbons (Fsp3) is 0.895. The maximum atomic E-state index is 11.2. The summed E-state index contributed by atoms with van der Waals surface area (Å²) in [4.78, 5) is 15.9. The van der Waals surface area contributed by atoms with Crippen molar-refractivity contribution in [2.75, 3.05) is 19.7 Å². The van der Waals surface area contributed by atoms with Gasteiger partial charge in [0.15, 0.2) is 5.96 Å². The number of ether oxygens (including phenoxy) is 2. The van der Waals surface area contributed by atoms with Crippen LogP contribution in [0.25, 0.3) is 0 Å². The lowest BCUT2D eigenvalue weighted by Crippen LogP contribution is -2.47. The molecule has 0 aromatic carbocycles. The van der Waals surface area contributed by atoms with Gasteiger partial charge in [-0.1, -0.05) is 19.3 Å². The molecule has 7 heteroatoms. The maximum absolute atomic E-state index is 11.2. The van der Waals surface area contributed by atoms with Gasteiger partial charge in [-0.3, -0.25) is 9.79 Å². The number of nitrogens with one attached hydrogen (secondary N) is 2. The van der Waals surface area contributed by atoms with E-state index in [1.165, 1.54) is 12.8 Å². The highest BCUT2D eigenvalue weighted by atomic mass is 127. The summed E-state index contributed by atoms with van der Waals surface area (Å²) in [7, 11) is 0. The summed E-state index contributed by atoms with van der Waals surface area (Å²) in [5.74, 6) is 0.851. The third-order valence-electron chi connectivity index (χ3n) is 4.89. The van der Waals surface area contributed by atoms with Gasteiger partial charge in [0.1, 0.15) is 0 Å². The van der Waals surface area contributed by atoms with Crippen LogP contribution in [0, 0.1) is 0 Å². The highest BCUT2D eigenvalue weighted by Crippen LogP contribution is 2.34. The lowest BCUT2D eigenvalue weighted by Gasteiger charge is -2.22. The first kappa shape index (κ1) is 23.5. The van der Waals surface area contributed by atoms with Crippen molar-refractivity contribution in [1.29, 1.82) is 0 Å². The molecule has 2 rings (SSSR count). The monoisotopic (exact) mass is 481 g/mol. The van der Waals surface area contributed by atoms with E-state index in [0.29, 0.717) is 31.3 Å². The van der Waals surface area contributed by atoms with E-state index in [2.05, 4.69) is 17.6 Å². The molecule has 26 heavy (non-hydrogen) atoms. The molecule has 0 saturated carbocycles. The van der Waals surface area contributed by atoms with Gasteiger partial charge in [0.2, 0.25) is 0 Å². The van der Waals surface area contributed by atoms with Gasteiger partial charge >= 0.3 is 5.97 Å². The lowest BCUT2D eigenvalue weighted by atomic mass is 9.96. The van der Waals surface area contributed by atoms with E-state index in [0.717, 1.165) is 57.6 Å². The first-order valence-corrected chi connectivity index (χ1v) is 10.1. The van der Waals surface area contributed by atoms with E-state index < -0.39 is 0 Å². The molecule has 2 fully saturated rings. The molecule has 152 valence electrons. The number of rotatable bonds is 11. The number of unbranched alkanes of at least 4 members (excludes halogenated alkanes) is 4. The van der Waals surface area contributed by atoms with Crippen LogP contribution in [-0.2, 0) is 14.3 Å². The fourth-order valence-electron chi connectivity index (χ4n) is 3.62. The summed E-state index contributed by atoms with van der Waals surface area (Å²) >= 11 is 0. The highest BCUT2D eigenvalue weighted by molar-refractivity contribution is 14.0. The molecule has 0 aliphatic carbocycles. The third-order valence-corrected chi connectivity index (χ3v) is 4.89. The molecule has 0 aromatic heterocycles. The Balaban J connectivity index is 0.00000338. The average molecular weight is 481 g/mol. The highest BCUT2D eigenvalue weighted by Gasteiger charge is 2.41. The Morgan fingerprint density at radius 1 is 1.15 bits per heavy atom. The second-order valence-corrected chi connectivity index (χ2v) is 6.94. The molecular formula is C19H36IN3O3. The summed E-state index contributed by atoms with van der Waals surface area (Å²) < 4.78 is 10.8. The van der Waals surface area contributed by atoms with Gasteiger partial charge < -0.3 is 20.1 Å². The predicted molar refractivity (Wildman–Crippen MR) is 115 cm³/mol. The molecule has 3 atom stereocenters. The summed E-state index contributed by atoms with van der Waals surface area (Å²) in [6.07, 6.45) is 10.3. The number of nitrogens with zero attached hydrogens (tertiary/aromatic N) is 1. The van der Waals surface area contributed by atoms with Crippen molar-refractivity contribution in [1.82, 2.24) is 10.6 Å². The van der Waals surface area contributed by atoms with E-state index >= 15 is 0 Å². The summed E-state index contributed by atoms with van der Waals surface area (Å²) in [5, 5.41) is 6.88. The van der Waals surface area contributed by atoms with Crippen LogP contribution in [0.15, 0.2) is 4.99 Å².